The van der Waals surface area contributed by atoms with Gasteiger partial charge in [0.1, 0.15) is 5.65 Å². The standard InChI is InChI=1S/C17H22N6O2/c18-15(24)13-8-20-16-12(5-6-19-16)14(13)22-23-7-1-2-10(9-23)17(25)21-11-3-4-11/h5-6,8,10-11H,1-4,7,9H2,(H2,18,24)(H,21,25)(H2,19,20,22)/t10-/m0/s1. The molecule has 2 fully saturated rings. The second-order valence-corrected chi connectivity index (χ2v) is 6.83. The van der Waals surface area contributed by atoms with Gasteiger partial charge in [-0.1, -0.05) is 0 Å². The lowest BCUT2D eigenvalue weighted by atomic mass is 9.98. The van der Waals surface area contributed by atoms with E-state index in [1.807, 2.05) is 11.1 Å². The van der Waals surface area contributed by atoms with E-state index in [0.29, 0.717) is 29.5 Å². The summed E-state index contributed by atoms with van der Waals surface area (Å²) in [5.74, 6) is -0.439. The van der Waals surface area contributed by atoms with Crippen molar-refractivity contribution in [1.29, 1.82) is 0 Å². The number of pyridine rings is 1. The second kappa shape index (κ2) is 6.36. The minimum Gasteiger partial charge on any atom is -0.365 e. The molecular formula is C17H22N6O2. The Bertz CT molecular complexity index is 813. The summed E-state index contributed by atoms with van der Waals surface area (Å²) >= 11 is 0. The van der Waals surface area contributed by atoms with Crippen molar-refractivity contribution in [3.05, 3.63) is 24.0 Å². The Morgan fingerprint density at radius 3 is 2.92 bits per heavy atom. The number of hydrazine groups is 1. The maximum Gasteiger partial charge on any atom is 0.252 e. The number of carbonyl (C=O) groups is 2. The van der Waals surface area contributed by atoms with Gasteiger partial charge in [-0.3, -0.25) is 9.59 Å². The fourth-order valence-electron chi connectivity index (χ4n) is 3.31. The Balaban J connectivity index is 1.53. The van der Waals surface area contributed by atoms with Gasteiger partial charge in [-0.05, 0) is 31.7 Å². The van der Waals surface area contributed by atoms with Gasteiger partial charge in [-0.25, -0.2) is 9.99 Å². The first-order valence-electron chi connectivity index (χ1n) is 8.69. The number of piperidine rings is 1. The van der Waals surface area contributed by atoms with Crippen LogP contribution in [0.2, 0.25) is 0 Å². The molecule has 8 heteroatoms. The summed E-state index contributed by atoms with van der Waals surface area (Å²) in [6, 6.07) is 2.23. The molecule has 0 aromatic carbocycles. The maximum atomic E-state index is 12.3. The molecule has 5 N–H and O–H groups in total. The van der Waals surface area contributed by atoms with E-state index in [-0.39, 0.29) is 11.8 Å². The number of hydrogen-bond donors (Lipinski definition) is 4. The number of nitrogens with two attached hydrogens (primary N) is 1. The van der Waals surface area contributed by atoms with Crippen LogP contribution in [0.15, 0.2) is 18.5 Å². The van der Waals surface area contributed by atoms with E-state index >= 15 is 0 Å². The van der Waals surface area contributed by atoms with Gasteiger partial charge in [-0.15, -0.1) is 0 Å². The average molecular weight is 342 g/mol. The molecule has 8 nitrogen and oxygen atoms in total. The van der Waals surface area contributed by atoms with Crippen molar-refractivity contribution < 1.29 is 9.59 Å². The van der Waals surface area contributed by atoms with Crippen molar-refractivity contribution in [2.75, 3.05) is 18.5 Å². The van der Waals surface area contributed by atoms with Gasteiger partial charge in [0, 0.05) is 36.9 Å². The SMILES string of the molecule is NC(=O)c1cnc2[nH]ccc2c1NN1CCC[C@H](C(=O)NC2CC2)C1. The number of fused-ring (bicyclic) bond motifs is 1. The number of amides is 2. The average Bonchev–Trinajstić information content (AvgIpc) is 3.28. The first kappa shape index (κ1) is 15.9. The normalized spacial score (nSPS) is 21.2. The van der Waals surface area contributed by atoms with Crippen molar-refractivity contribution in [1.82, 2.24) is 20.3 Å². The molecule has 1 atom stereocenters. The number of carbonyl (C=O) groups excluding carboxylic acids is 2. The predicted molar refractivity (Wildman–Crippen MR) is 93.7 cm³/mol. The first-order valence-corrected chi connectivity index (χ1v) is 8.69. The molecule has 0 radical (unpaired) electrons. The molecule has 2 aromatic heterocycles. The molecular weight excluding hydrogens is 320 g/mol. The molecule has 1 aliphatic carbocycles. The molecule has 1 saturated heterocycles. The largest absolute Gasteiger partial charge is 0.365 e. The number of primary amides is 1. The Kier molecular flexibility index (Phi) is 4.04. The van der Waals surface area contributed by atoms with E-state index in [1.54, 1.807) is 6.20 Å². The van der Waals surface area contributed by atoms with Crippen molar-refractivity contribution in [3.8, 4) is 0 Å². The summed E-state index contributed by atoms with van der Waals surface area (Å²) in [7, 11) is 0. The minimum atomic E-state index is -0.530. The molecule has 2 aromatic rings. The molecule has 1 saturated carbocycles. The highest BCUT2D eigenvalue weighted by Gasteiger charge is 2.31. The predicted octanol–water partition coefficient (Wildman–Crippen LogP) is 0.979. The molecule has 2 aliphatic rings. The van der Waals surface area contributed by atoms with Gasteiger partial charge in [0.25, 0.3) is 5.91 Å². The Hall–Kier alpha value is -2.61. The van der Waals surface area contributed by atoms with Gasteiger partial charge >= 0.3 is 0 Å². The highest BCUT2D eigenvalue weighted by atomic mass is 16.2. The molecule has 0 bridgehead atoms. The molecule has 0 unspecified atom stereocenters. The Morgan fingerprint density at radius 1 is 1.32 bits per heavy atom. The van der Waals surface area contributed by atoms with Crippen LogP contribution in [0.4, 0.5) is 5.69 Å². The zero-order valence-corrected chi connectivity index (χ0v) is 13.9. The van der Waals surface area contributed by atoms with E-state index in [1.165, 1.54) is 6.20 Å². The number of aromatic nitrogens is 2. The number of rotatable bonds is 5. The van der Waals surface area contributed by atoms with E-state index in [2.05, 4.69) is 20.7 Å². The molecule has 3 heterocycles. The second-order valence-electron chi connectivity index (χ2n) is 6.83. The molecule has 0 spiro atoms. The number of nitrogens with zero attached hydrogens (tertiary/aromatic N) is 2. The van der Waals surface area contributed by atoms with Crippen molar-refractivity contribution in [2.45, 2.75) is 31.7 Å². The zero-order valence-electron chi connectivity index (χ0n) is 13.9. The van der Waals surface area contributed by atoms with Gasteiger partial charge in [0.2, 0.25) is 5.91 Å². The van der Waals surface area contributed by atoms with Crippen LogP contribution in [0.3, 0.4) is 0 Å². The maximum absolute atomic E-state index is 12.3. The number of H-pyrrole nitrogens is 1. The number of nitrogens with one attached hydrogen (secondary N) is 3. The first-order chi connectivity index (χ1) is 12.1. The Labute approximate surface area is 145 Å². The summed E-state index contributed by atoms with van der Waals surface area (Å²) in [5, 5.41) is 5.88. The zero-order chi connectivity index (χ0) is 17.4. The summed E-state index contributed by atoms with van der Waals surface area (Å²) in [4.78, 5) is 31.4. The molecule has 4 rings (SSSR count). The topological polar surface area (TPSA) is 116 Å². The van der Waals surface area contributed by atoms with Crippen LogP contribution in [-0.2, 0) is 4.79 Å². The van der Waals surface area contributed by atoms with Crippen LogP contribution in [0, 0.1) is 5.92 Å². The van der Waals surface area contributed by atoms with Crippen molar-refractivity contribution in [2.24, 2.45) is 11.7 Å². The van der Waals surface area contributed by atoms with E-state index in [9.17, 15) is 9.59 Å². The van der Waals surface area contributed by atoms with Gasteiger partial charge in [-0.2, -0.15) is 0 Å². The van der Waals surface area contributed by atoms with Crippen molar-refractivity contribution >= 4 is 28.5 Å². The number of aromatic amines is 1. The highest BCUT2D eigenvalue weighted by Crippen LogP contribution is 2.28. The molecule has 1 aliphatic heterocycles. The van der Waals surface area contributed by atoms with Crippen LogP contribution in [0.1, 0.15) is 36.0 Å². The van der Waals surface area contributed by atoms with Crippen LogP contribution in [0.5, 0.6) is 0 Å². The van der Waals surface area contributed by atoms with Gasteiger partial charge < -0.3 is 21.5 Å². The molecule has 2 amide bonds. The fourth-order valence-corrected chi connectivity index (χ4v) is 3.31. The lowest BCUT2D eigenvalue weighted by molar-refractivity contribution is -0.126. The van der Waals surface area contributed by atoms with Crippen molar-refractivity contribution in [3.63, 3.8) is 0 Å². The van der Waals surface area contributed by atoms with Gasteiger partial charge in [0.15, 0.2) is 0 Å². The monoisotopic (exact) mass is 342 g/mol. The quantitative estimate of drug-likeness (QED) is 0.646. The van der Waals surface area contributed by atoms with E-state index < -0.39 is 5.91 Å². The van der Waals surface area contributed by atoms with Crippen LogP contribution in [-0.4, -0.2) is 45.9 Å². The number of anilines is 1. The van der Waals surface area contributed by atoms with Gasteiger partial charge in [0.05, 0.1) is 17.2 Å². The van der Waals surface area contributed by atoms with Crippen LogP contribution >= 0.6 is 0 Å². The summed E-state index contributed by atoms with van der Waals surface area (Å²) in [5.41, 5.74) is 10.5. The smallest absolute Gasteiger partial charge is 0.252 e. The third kappa shape index (κ3) is 3.30. The summed E-state index contributed by atoms with van der Waals surface area (Å²) in [6.07, 6.45) is 7.23. The van der Waals surface area contributed by atoms with E-state index in [0.717, 1.165) is 37.6 Å². The van der Waals surface area contributed by atoms with Crippen LogP contribution < -0.4 is 16.5 Å². The lowest BCUT2D eigenvalue weighted by Crippen LogP contribution is -2.46. The number of hydrogen-bond acceptors (Lipinski definition) is 5. The third-order valence-electron chi connectivity index (χ3n) is 4.84. The Morgan fingerprint density at radius 2 is 2.16 bits per heavy atom. The van der Waals surface area contributed by atoms with Crippen LogP contribution in [0.25, 0.3) is 11.0 Å². The summed E-state index contributed by atoms with van der Waals surface area (Å²) in [6.45, 7) is 1.41. The lowest BCUT2D eigenvalue weighted by Gasteiger charge is -2.33. The summed E-state index contributed by atoms with van der Waals surface area (Å²) < 4.78 is 0. The molecule has 132 valence electrons. The fraction of sp³-hybridized carbons (Fsp3) is 0.471. The molecule has 25 heavy (non-hydrogen) atoms. The third-order valence-corrected chi connectivity index (χ3v) is 4.84. The minimum absolute atomic E-state index is 0.0394. The van der Waals surface area contributed by atoms with E-state index in [4.69, 9.17) is 5.73 Å². The highest BCUT2D eigenvalue weighted by molar-refractivity contribution is 6.05.